The van der Waals surface area contributed by atoms with Crippen molar-refractivity contribution >= 4 is 35.2 Å². The van der Waals surface area contributed by atoms with E-state index in [9.17, 15) is 4.79 Å². The van der Waals surface area contributed by atoms with Gasteiger partial charge in [-0.15, -0.1) is 0 Å². The third kappa shape index (κ3) is 3.36. The maximum atomic E-state index is 10.9. The maximum Gasteiger partial charge on any atom is 0.407 e. The van der Waals surface area contributed by atoms with Gasteiger partial charge in [0, 0.05) is 25.2 Å². The van der Waals surface area contributed by atoms with Crippen molar-refractivity contribution in [1.29, 1.82) is 0 Å². The summed E-state index contributed by atoms with van der Waals surface area (Å²) in [5.74, 6) is 0.324. The molecule has 2 N–H and O–H groups in total. The van der Waals surface area contributed by atoms with E-state index in [4.69, 9.17) is 28.3 Å². The van der Waals surface area contributed by atoms with Gasteiger partial charge in [-0.05, 0) is 12.8 Å². The van der Waals surface area contributed by atoms with Gasteiger partial charge in [-0.2, -0.15) is 0 Å². The van der Waals surface area contributed by atoms with E-state index >= 15 is 0 Å². The van der Waals surface area contributed by atoms with Crippen LogP contribution in [0, 0.1) is 0 Å². The molecule has 0 aromatic carbocycles. The lowest BCUT2D eigenvalue weighted by molar-refractivity contribution is 0.132. The molecule has 0 spiro atoms. The van der Waals surface area contributed by atoms with Crippen molar-refractivity contribution < 1.29 is 9.90 Å². The molecule has 2 heterocycles. The van der Waals surface area contributed by atoms with Gasteiger partial charge < -0.3 is 15.3 Å². The summed E-state index contributed by atoms with van der Waals surface area (Å²) in [7, 11) is 0. The van der Waals surface area contributed by atoms with Crippen LogP contribution in [-0.4, -0.2) is 45.2 Å². The Kier molecular flexibility index (Phi) is 4.08. The van der Waals surface area contributed by atoms with Crippen molar-refractivity contribution in [3.63, 3.8) is 0 Å². The van der Waals surface area contributed by atoms with Gasteiger partial charge in [0.2, 0.25) is 5.95 Å². The minimum absolute atomic E-state index is 0.0237. The van der Waals surface area contributed by atoms with E-state index in [0.717, 1.165) is 12.8 Å². The molecule has 1 aliphatic rings. The number of anilines is 1. The second-order valence-electron chi connectivity index (χ2n) is 4.05. The molecule has 1 saturated heterocycles. The molecule has 8 heteroatoms. The van der Waals surface area contributed by atoms with E-state index < -0.39 is 6.09 Å². The van der Waals surface area contributed by atoms with E-state index in [1.165, 1.54) is 11.0 Å². The molecule has 1 amide bonds. The molecule has 0 bridgehead atoms. The third-order valence-corrected chi connectivity index (χ3v) is 3.08. The quantitative estimate of drug-likeness (QED) is 0.818. The Morgan fingerprint density at radius 3 is 2.72 bits per heavy atom. The summed E-state index contributed by atoms with van der Waals surface area (Å²) in [4.78, 5) is 20.2. The number of piperidine rings is 1. The molecule has 6 nitrogen and oxygen atoms in total. The number of carbonyl (C=O) groups is 1. The normalized spacial score (nSPS) is 19.7. The lowest BCUT2D eigenvalue weighted by atomic mass is 10.1. The highest BCUT2D eigenvalue weighted by Gasteiger charge is 2.23. The number of nitrogens with one attached hydrogen (secondary N) is 1. The van der Waals surface area contributed by atoms with Crippen LogP contribution < -0.4 is 5.32 Å². The smallest absolute Gasteiger partial charge is 0.407 e. The zero-order valence-electron chi connectivity index (χ0n) is 9.44. The summed E-state index contributed by atoms with van der Waals surface area (Å²) in [6.45, 7) is 0.966. The standard InChI is InChI=1S/C10H12Cl2N4O2/c11-7-4-8(12)15-9(14-7)13-6-2-1-3-16(5-6)10(17)18/h4,6H,1-3,5H2,(H,17,18)(H,13,14,15). The summed E-state index contributed by atoms with van der Waals surface area (Å²) in [6, 6.07) is 1.42. The van der Waals surface area contributed by atoms with Crippen LogP contribution in [0.4, 0.5) is 10.7 Å². The summed E-state index contributed by atoms with van der Waals surface area (Å²) < 4.78 is 0. The second-order valence-corrected chi connectivity index (χ2v) is 4.82. The van der Waals surface area contributed by atoms with Crippen LogP contribution in [0.3, 0.4) is 0 Å². The molecule has 1 atom stereocenters. The third-order valence-electron chi connectivity index (χ3n) is 2.69. The lowest BCUT2D eigenvalue weighted by Gasteiger charge is -2.31. The predicted octanol–water partition coefficient (Wildman–Crippen LogP) is 2.34. The average molecular weight is 291 g/mol. The Balaban J connectivity index is 2.02. The molecule has 1 aliphatic heterocycles. The molecule has 0 aliphatic carbocycles. The zero-order chi connectivity index (χ0) is 13.1. The molecule has 1 unspecified atom stereocenters. The molecule has 2 rings (SSSR count). The molecule has 98 valence electrons. The minimum Gasteiger partial charge on any atom is -0.465 e. The number of hydrogen-bond donors (Lipinski definition) is 2. The summed E-state index contributed by atoms with van der Waals surface area (Å²) >= 11 is 11.5. The van der Waals surface area contributed by atoms with Gasteiger partial charge in [0.1, 0.15) is 10.3 Å². The molecular formula is C10H12Cl2N4O2. The molecule has 0 radical (unpaired) electrons. The van der Waals surface area contributed by atoms with Crippen molar-refractivity contribution in [1.82, 2.24) is 14.9 Å². The zero-order valence-corrected chi connectivity index (χ0v) is 10.9. The van der Waals surface area contributed by atoms with Crippen molar-refractivity contribution in [3.05, 3.63) is 16.4 Å². The topological polar surface area (TPSA) is 78.4 Å². The highest BCUT2D eigenvalue weighted by molar-refractivity contribution is 6.33. The van der Waals surface area contributed by atoms with Crippen LogP contribution in [0.5, 0.6) is 0 Å². The van der Waals surface area contributed by atoms with Gasteiger partial charge in [-0.1, -0.05) is 23.2 Å². The number of rotatable bonds is 2. The largest absolute Gasteiger partial charge is 0.465 e. The van der Waals surface area contributed by atoms with Crippen LogP contribution in [-0.2, 0) is 0 Å². The Morgan fingerprint density at radius 2 is 2.11 bits per heavy atom. The first-order chi connectivity index (χ1) is 8.54. The number of aromatic nitrogens is 2. The summed E-state index contributed by atoms with van der Waals surface area (Å²) in [5, 5.41) is 12.5. The number of amides is 1. The summed E-state index contributed by atoms with van der Waals surface area (Å²) in [5.41, 5.74) is 0. The van der Waals surface area contributed by atoms with Crippen LogP contribution in [0.15, 0.2) is 6.07 Å². The summed E-state index contributed by atoms with van der Waals surface area (Å²) in [6.07, 6.45) is 0.752. The highest BCUT2D eigenvalue weighted by Crippen LogP contribution is 2.18. The number of likely N-dealkylation sites (tertiary alicyclic amines) is 1. The Hall–Kier alpha value is -1.27. The van der Waals surface area contributed by atoms with E-state index in [1.54, 1.807) is 0 Å². The van der Waals surface area contributed by atoms with Crippen LogP contribution in [0.2, 0.25) is 10.3 Å². The number of carboxylic acid groups (broad SMARTS) is 1. The van der Waals surface area contributed by atoms with Crippen LogP contribution in [0.25, 0.3) is 0 Å². The predicted molar refractivity (Wildman–Crippen MR) is 68.3 cm³/mol. The van der Waals surface area contributed by atoms with Crippen molar-refractivity contribution in [2.45, 2.75) is 18.9 Å². The molecule has 0 saturated carbocycles. The minimum atomic E-state index is -0.911. The van der Waals surface area contributed by atoms with E-state index in [-0.39, 0.29) is 16.3 Å². The van der Waals surface area contributed by atoms with Crippen LogP contribution >= 0.6 is 23.2 Å². The fraction of sp³-hybridized carbons (Fsp3) is 0.500. The lowest BCUT2D eigenvalue weighted by Crippen LogP contribution is -2.44. The van der Waals surface area contributed by atoms with Crippen LogP contribution in [0.1, 0.15) is 12.8 Å². The van der Waals surface area contributed by atoms with Gasteiger partial charge in [0.25, 0.3) is 0 Å². The van der Waals surface area contributed by atoms with E-state index in [0.29, 0.717) is 19.0 Å². The molecular weight excluding hydrogens is 279 g/mol. The number of halogens is 2. The maximum absolute atomic E-state index is 10.9. The highest BCUT2D eigenvalue weighted by atomic mass is 35.5. The van der Waals surface area contributed by atoms with Gasteiger partial charge in [0.05, 0.1) is 0 Å². The first-order valence-electron chi connectivity index (χ1n) is 5.49. The Morgan fingerprint density at radius 1 is 1.44 bits per heavy atom. The molecule has 18 heavy (non-hydrogen) atoms. The van der Waals surface area contributed by atoms with E-state index in [2.05, 4.69) is 15.3 Å². The van der Waals surface area contributed by atoms with Gasteiger partial charge >= 0.3 is 6.09 Å². The first-order valence-corrected chi connectivity index (χ1v) is 6.24. The Labute approximate surface area is 114 Å². The first kappa shape index (κ1) is 13.2. The van der Waals surface area contributed by atoms with Crippen molar-refractivity contribution in [2.75, 3.05) is 18.4 Å². The monoisotopic (exact) mass is 290 g/mol. The van der Waals surface area contributed by atoms with Crippen molar-refractivity contribution in [2.24, 2.45) is 0 Å². The van der Waals surface area contributed by atoms with E-state index in [1.807, 2.05) is 0 Å². The molecule has 1 fully saturated rings. The average Bonchev–Trinajstić information content (AvgIpc) is 2.27. The van der Waals surface area contributed by atoms with Gasteiger partial charge in [-0.25, -0.2) is 14.8 Å². The van der Waals surface area contributed by atoms with Crippen molar-refractivity contribution in [3.8, 4) is 0 Å². The Bertz CT molecular complexity index is 437. The fourth-order valence-corrected chi connectivity index (χ4v) is 2.33. The number of hydrogen-bond acceptors (Lipinski definition) is 4. The second kappa shape index (κ2) is 5.58. The molecule has 1 aromatic heterocycles. The molecule has 1 aromatic rings. The van der Waals surface area contributed by atoms with Gasteiger partial charge in [-0.3, -0.25) is 0 Å². The van der Waals surface area contributed by atoms with Gasteiger partial charge in [0.15, 0.2) is 0 Å². The fourth-order valence-electron chi connectivity index (χ4n) is 1.91. The number of nitrogens with zero attached hydrogens (tertiary/aromatic N) is 3. The SMILES string of the molecule is O=C(O)N1CCCC(Nc2nc(Cl)cc(Cl)n2)C1.